The Morgan fingerprint density at radius 1 is 1.24 bits per heavy atom. The summed E-state index contributed by atoms with van der Waals surface area (Å²) in [5.41, 5.74) is 1.35. The van der Waals surface area contributed by atoms with Gasteiger partial charge in [0.15, 0.2) is 0 Å². The summed E-state index contributed by atoms with van der Waals surface area (Å²) >= 11 is 1.45. The number of rotatable bonds is 4. The molecule has 1 fully saturated rings. The highest BCUT2D eigenvalue weighted by Crippen LogP contribution is 2.35. The van der Waals surface area contributed by atoms with Crippen LogP contribution in [0.2, 0.25) is 0 Å². The molecule has 0 aromatic carbocycles. The molecule has 0 bridgehead atoms. The molecule has 3 rings (SSSR count). The number of alkyl halides is 2. The lowest BCUT2D eigenvalue weighted by Gasteiger charge is -2.29. The van der Waals surface area contributed by atoms with E-state index in [1.165, 1.54) is 11.3 Å². The van der Waals surface area contributed by atoms with E-state index in [4.69, 9.17) is 4.74 Å². The third kappa shape index (κ3) is 6.35. The van der Waals surface area contributed by atoms with Crippen LogP contribution in [0, 0.1) is 6.92 Å². The highest BCUT2D eigenvalue weighted by Gasteiger charge is 2.35. The summed E-state index contributed by atoms with van der Waals surface area (Å²) in [5.74, 6) is -2.08. The Bertz CT molecular complexity index is 870. The molecule has 1 amide bonds. The quantitative estimate of drug-likeness (QED) is 0.644. The molecule has 9 heteroatoms. The Morgan fingerprint density at radius 3 is 2.52 bits per heavy atom. The van der Waals surface area contributed by atoms with E-state index in [0.29, 0.717) is 35.0 Å². The molecule has 2 heterocycles. The van der Waals surface area contributed by atoms with Gasteiger partial charge < -0.3 is 10.1 Å². The molecule has 0 spiro atoms. The van der Waals surface area contributed by atoms with Crippen LogP contribution in [0.5, 0.6) is 0 Å². The molecule has 2 aromatic heterocycles. The maximum absolute atomic E-state index is 13.4. The lowest BCUT2D eigenvalue weighted by atomic mass is 9.92. The van der Waals surface area contributed by atoms with Gasteiger partial charge in [-0.3, -0.25) is 5.32 Å². The van der Waals surface area contributed by atoms with Crippen molar-refractivity contribution in [2.75, 3.05) is 10.6 Å². The average molecular weight is 425 g/mol. The topological polar surface area (TPSA) is 76.1 Å². The minimum Gasteiger partial charge on any atom is -0.444 e. The number of carbonyl (C=O) groups excluding carboxylic acids is 1. The number of nitrogens with one attached hydrogen (secondary N) is 2. The van der Waals surface area contributed by atoms with Crippen LogP contribution < -0.4 is 10.6 Å². The maximum Gasteiger partial charge on any atom is 0.412 e. The summed E-state index contributed by atoms with van der Waals surface area (Å²) in [4.78, 5) is 21.2. The number of halogens is 2. The van der Waals surface area contributed by atoms with Crippen molar-refractivity contribution in [1.82, 2.24) is 9.97 Å². The summed E-state index contributed by atoms with van der Waals surface area (Å²) in [5, 5.41) is 8.59. The Kier molecular flexibility index (Phi) is 6.07. The van der Waals surface area contributed by atoms with E-state index in [1.807, 2.05) is 12.3 Å². The van der Waals surface area contributed by atoms with Gasteiger partial charge in [0, 0.05) is 41.7 Å². The monoisotopic (exact) mass is 424 g/mol. The second kappa shape index (κ2) is 8.22. The second-order valence-electron chi connectivity index (χ2n) is 8.32. The molecule has 0 saturated heterocycles. The fourth-order valence-electron chi connectivity index (χ4n) is 3.07. The molecule has 29 heavy (non-hydrogen) atoms. The van der Waals surface area contributed by atoms with E-state index in [0.717, 1.165) is 5.69 Å². The first-order valence-corrected chi connectivity index (χ1v) is 10.5. The van der Waals surface area contributed by atoms with Crippen molar-refractivity contribution in [2.24, 2.45) is 0 Å². The minimum atomic E-state index is -2.59. The van der Waals surface area contributed by atoms with Gasteiger partial charge in [0.25, 0.3) is 0 Å². The van der Waals surface area contributed by atoms with E-state index in [-0.39, 0.29) is 18.9 Å². The number of pyridine rings is 1. The third-order valence-electron chi connectivity index (χ3n) is 4.38. The van der Waals surface area contributed by atoms with Crippen molar-refractivity contribution >= 4 is 28.9 Å². The molecular formula is C20H26F2N4O2S. The van der Waals surface area contributed by atoms with Gasteiger partial charge in [-0.15, -0.1) is 11.3 Å². The number of aryl methyl sites for hydroxylation is 1. The van der Waals surface area contributed by atoms with E-state index >= 15 is 0 Å². The van der Waals surface area contributed by atoms with Crippen LogP contribution >= 0.6 is 11.3 Å². The van der Waals surface area contributed by atoms with Gasteiger partial charge in [0.1, 0.15) is 22.1 Å². The lowest BCUT2D eigenvalue weighted by molar-refractivity contribution is -0.0361. The smallest absolute Gasteiger partial charge is 0.412 e. The molecule has 0 unspecified atom stereocenters. The molecular weight excluding hydrogens is 398 g/mol. The first kappa shape index (κ1) is 21.4. The molecule has 1 aliphatic rings. The van der Waals surface area contributed by atoms with Crippen molar-refractivity contribution in [3.63, 3.8) is 0 Å². The van der Waals surface area contributed by atoms with Crippen molar-refractivity contribution in [2.45, 2.75) is 70.9 Å². The molecule has 2 N–H and O–H groups in total. The average Bonchev–Trinajstić information content (AvgIpc) is 3.01. The van der Waals surface area contributed by atoms with Gasteiger partial charge in [0.2, 0.25) is 5.92 Å². The summed E-state index contributed by atoms with van der Waals surface area (Å²) in [6.45, 7) is 7.25. The van der Waals surface area contributed by atoms with Gasteiger partial charge in [-0.2, -0.15) is 0 Å². The zero-order chi connectivity index (χ0) is 21.2. The molecule has 0 aliphatic heterocycles. The van der Waals surface area contributed by atoms with E-state index in [1.54, 1.807) is 32.9 Å². The molecule has 0 radical (unpaired) electrons. The lowest BCUT2D eigenvalue weighted by Crippen LogP contribution is -2.32. The van der Waals surface area contributed by atoms with Gasteiger partial charge in [-0.05, 0) is 46.6 Å². The maximum atomic E-state index is 13.4. The number of thiazole rings is 1. The van der Waals surface area contributed by atoms with Crippen LogP contribution in [0.3, 0.4) is 0 Å². The van der Waals surface area contributed by atoms with Crippen molar-refractivity contribution < 1.29 is 18.3 Å². The number of ether oxygens (including phenoxy) is 1. The zero-order valence-electron chi connectivity index (χ0n) is 17.0. The van der Waals surface area contributed by atoms with Gasteiger partial charge in [-0.25, -0.2) is 23.5 Å². The Hall–Kier alpha value is -2.29. The molecule has 158 valence electrons. The highest BCUT2D eigenvalue weighted by atomic mass is 32.1. The van der Waals surface area contributed by atoms with Gasteiger partial charge in [-0.1, -0.05) is 0 Å². The number of hydrogen-bond donors (Lipinski definition) is 2. The zero-order valence-corrected chi connectivity index (χ0v) is 17.8. The van der Waals surface area contributed by atoms with Crippen LogP contribution in [0.25, 0.3) is 10.7 Å². The Morgan fingerprint density at radius 2 is 1.93 bits per heavy atom. The minimum absolute atomic E-state index is 0.0928. The van der Waals surface area contributed by atoms with Gasteiger partial charge >= 0.3 is 6.09 Å². The predicted molar refractivity (Wildman–Crippen MR) is 111 cm³/mol. The first-order chi connectivity index (χ1) is 13.5. The fourth-order valence-corrected chi connectivity index (χ4v) is 3.83. The van der Waals surface area contributed by atoms with Crippen molar-refractivity contribution in [3.8, 4) is 10.7 Å². The molecule has 6 nitrogen and oxygen atoms in total. The van der Waals surface area contributed by atoms with Crippen LogP contribution in [0.1, 0.15) is 52.1 Å². The summed E-state index contributed by atoms with van der Waals surface area (Å²) in [7, 11) is 0. The van der Waals surface area contributed by atoms with Crippen LogP contribution in [0.4, 0.5) is 25.1 Å². The predicted octanol–water partition coefficient (Wildman–Crippen LogP) is 5.85. The Labute approximate surface area is 173 Å². The molecule has 0 atom stereocenters. The van der Waals surface area contributed by atoms with Gasteiger partial charge in [0.05, 0.1) is 0 Å². The number of aromatic nitrogens is 2. The van der Waals surface area contributed by atoms with E-state index < -0.39 is 17.6 Å². The number of amides is 1. The van der Waals surface area contributed by atoms with E-state index in [9.17, 15) is 13.6 Å². The molecule has 1 aliphatic carbocycles. The summed E-state index contributed by atoms with van der Waals surface area (Å²) in [6, 6.07) is 3.31. The fraction of sp³-hybridized carbons (Fsp3) is 0.550. The second-order valence-corrected chi connectivity index (χ2v) is 9.18. The SMILES string of the molecule is Cc1csc(-c2cc(NC(=O)OC(C)(C)C)cc(NC3CCC(F)(F)CC3)n2)n1. The first-order valence-electron chi connectivity index (χ1n) is 9.58. The normalized spacial score (nSPS) is 17.0. The van der Waals surface area contributed by atoms with Crippen molar-refractivity contribution in [1.29, 1.82) is 0 Å². The van der Waals surface area contributed by atoms with Crippen molar-refractivity contribution in [3.05, 3.63) is 23.2 Å². The largest absolute Gasteiger partial charge is 0.444 e. The summed E-state index contributed by atoms with van der Waals surface area (Å²) < 4.78 is 32.2. The summed E-state index contributed by atoms with van der Waals surface area (Å²) in [6.07, 6.45) is -0.125. The number of carbonyl (C=O) groups is 1. The molecule has 2 aromatic rings. The molecule has 1 saturated carbocycles. The number of anilines is 2. The third-order valence-corrected chi connectivity index (χ3v) is 5.36. The Balaban J connectivity index is 1.82. The van der Waals surface area contributed by atoms with Crippen LogP contribution in [0.15, 0.2) is 17.5 Å². The standard InChI is InChI=1S/C20H26F2N4O2S/c1-12-11-29-17(23-12)15-9-14(25-18(27)28-19(2,3)4)10-16(26-15)24-13-5-7-20(21,22)8-6-13/h9-11,13H,5-8H2,1-4H3,(H2,24,25,26,27). The van der Waals surface area contributed by atoms with Crippen LogP contribution in [-0.2, 0) is 4.74 Å². The number of hydrogen-bond acceptors (Lipinski definition) is 6. The number of nitrogens with zero attached hydrogens (tertiary/aromatic N) is 2. The van der Waals surface area contributed by atoms with E-state index in [2.05, 4.69) is 20.6 Å². The van der Waals surface area contributed by atoms with Crippen LogP contribution in [-0.4, -0.2) is 33.6 Å². The highest BCUT2D eigenvalue weighted by molar-refractivity contribution is 7.13.